The topological polar surface area (TPSA) is 63.2 Å². The number of pyridine rings is 1. The summed E-state index contributed by atoms with van der Waals surface area (Å²) in [6, 6.07) is 13.4. The average molecular weight is 375 g/mol. The second kappa shape index (κ2) is 7.98. The van der Waals surface area contributed by atoms with Gasteiger partial charge in [0.2, 0.25) is 0 Å². The van der Waals surface area contributed by atoms with Gasteiger partial charge < -0.3 is 15.4 Å². The van der Waals surface area contributed by atoms with E-state index in [-0.39, 0.29) is 5.91 Å². The van der Waals surface area contributed by atoms with E-state index in [0.717, 1.165) is 46.6 Å². The van der Waals surface area contributed by atoms with Crippen LogP contribution in [0.2, 0.25) is 0 Å². The van der Waals surface area contributed by atoms with Crippen molar-refractivity contribution in [1.29, 1.82) is 0 Å². The van der Waals surface area contributed by atoms with E-state index in [1.807, 2.05) is 44.4 Å². The largest absolute Gasteiger partial charge is 0.493 e. The number of carbonyl (C=O) groups is 1. The minimum absolute atomic E-state index is 0.136. The molecule has 5 nitrogen and oxygen atoms in total. The molecule has 144 valence electrons. The molecule has 1 aliphatic carbocycles. The molecule has 2 N–H and O–H groups in total. The first-order valence-corrected chi connectivity index (χ1v) is 9.71. The van der Waals surface area contributed by atoms with Crippen molar-refractivity contribution < 1.29 is 9.53 Å². The Morgan fingerprint density at radius 1 is 1.18 bits per heavy atom. The number of amides is 1. The van der Waals surface area contributed by atoms with E-state index >= 15 is 0 Å². The maximum absolute atomic E-state index is 12.6. The van der Waals surface area contributed by atoms with Crippen molar-refractivity contribution in [2.24, 2.45) is 5.92 Å². The zero-order valence-electron chi connectivity index (χ0n) is 16.3. The van der Waals surface area contributed by atoms with Crippen molar-refractivity contribution in [3.8, 4) is 5.75 Å². The van der Waals surface area contributed by atoms with Crippen LogP contribution in [0.4, 0.5) is 5.69 Å². The third-order valence-electron chi connectivity index (χ3n) is 5.09. The molecule has 0 radical (unpaired) electrons. The first kappa shape index (κ1) is 18.4. The van der Waals surface area contributed by atoms with Gasteiger partial charge in [-0.2, -0.15) is 0 Å². The predicted octanol–water partition coefficient (Wildman–Crippen LogP) is 4.30. The maximum Gasteiger partial charge on any atom is 0.255 e. The molecule has 0 aliphatic heterocycles. The Kier molecular flexibility index (Phi) is 5.26. The predicted molar refractivity (Wildman–Crippen MR) is 112 cm³/mol. The monoisotopic (exact) mass is 375 g/mol. The molecule has 4 rings (SSSR count). The van der Waals surface area contributed by atoms with Crippen molar-refractivity contribution >= 4 is 22.5 Å². The molecule has 1 saturated carbocycles. The molecular formula is C23H25N3O2. The number of nitrogens with zero attached hydrogens (tertiary/aromatic N) is 1. The average Bonchev–Trinajstić information content (AvgIpc) is 3.54. The van der Waals surface area contributed by atoms with Crippen LogP contribution in [-0.2, 0) is 6.54 Å². The van der Waals surface area contributed by atoms with Crippen LogP contribution in [0.3, 0.4) is 0 Å². The van der Waals surface area contributed by atoms with Gasteiger partial charge in [-0.05, 0) is 80.3 Å². The molecule has 0 atom stereocenters. The molecule has 5 heteroatoms. The van der Waals surface area contributed by atoms with Gasteiger partial charge >= 0.3 is 0 Å². The molecule has 1 heterocycles. The van der Waals surface area contributed by atoms with Gasteiger partial charge in [-0.3, -0.25) is 9.78 Å². The molecule has 1 fully saturated rings. The molecular weight excluding hydrogens is 350 g/mol. The molecule has 0 saturated heterocycles. The number of ether oxygens (including phenoxy) is 1. The van der Waals surface area contributed by atoms with Crippen LogP contribution < -0.4 is 15.4 Å². The Balaban J connectivity index is 1.48. The number of nitrogens with one attached hydrogen (secondary N) is 2. The van der Waals surface area contributed by atoms with Crippen LogP contribution in [0.25, 0.3) is 10.9 Å². The van der Waals surface area contributed by atoms with Crippen LogP contribution in [-0.4, -0.2) is 24.5 Å². The lowest BCUT2D eigenvalue weighted by atomic mass is 10.1. The van der Waals surface area contributed by atoms with Crippen molar-refractivity contribution in [1.82, 2.24) is 10.3 Å². The van der Waals surface area contributed by atoms with Gasteiger partial charge in [-0.1, -0.05) is 6.07 Å². The number of aryl methyl sites for hydroxylation is 1. The third kappa shape index (κ3) is 4.15. The zero-order valence-corrected chi connectivity index (χ0v) is 16.3. The molecule has 2 aromatic carbocycles. The van der Waals surface area contributed by atoms with Crippen molar-refractivity contribution in [3.05, 3.63) is 65.4 Å². The molecule has 3 aromatic rings. The number of hydrogen-bond donors (Lipinski definition) is 2. The summed E-state index contributed by atoms with van der Waals surface area (Å²) in [7, 11) is 1.92. The number of rotatable bonds is 7. The van der Waals surface area contributed by atoms with Gasteiger partial charge in [0.05, 0.1) is 12.1 Å². The molecule has 1 aliphatic rings. The smallest absolute Gasteiger partial charge is 0.255 e. The molecule has 1 amide bonds. The normalized spacial score (nSPS) is 13.5. The van der Waals surface area contributed by atoms with E-state index in [0.29, 0.717) is 11.5 Å². The highest BCUT2D eigenvalue weighted by Crippen LogP contribution is 2.29. The van der Waals surface area contributed by atoms with E-state index in [1.54, 1.807) is 12.1 Å². The molecule has 0 bridgehead atoms. The van der Waals surface area contributed by atoms with Crippen molar-refractivity contribution in [2.45, 2.75) is 26.3 Å². The highest BCUT2D eigenvalue weighted by molar-refractivity contribution is 6.06. The van der Waals surface area contributed by atoms with Gasteiger partial charge in [0, 0.05) is 29.4 Å². The highest BCUT2D eigenvalue weighted by atomic mass is 16.5. The van der Waals surface area contributed by atoms with Gasteiger partial charge in [-0.15, -0.1) is 0 Å². The molecule has 28 heavy (non-hydrogen) atoms. The Hall–Kier alpha value is -2.92. The fourth-order valence-corrected chi connectivity index (χ4v) is 3.23. The lowest BCUT2D eigenvalue weighted by Crippen LogP contribution is -2.13. The quantitative estimate of drug-likeness (QED) is 0.646. The van der Waals surface area contributed by atoms with E-state index in [2.05, 4.69) is 21.7 Å². The fraction of sp³-hybridized carbons (Fsp3) is 0.304. The molecule has 0 unspecified atom stereocenters. The Labute approximate surface area is 165 Å². The van der Waals surface area contributed by atoms with Crippen LogP contribution >= 0.6 is 0 Å². The van der Waals surface area contributed by atoms with Crippen LogP contribution in [0.5, 0.6) is 5.75 Å². The number of aromatic nitrogens is 1. The van der Waals surface area contributed by atoms with E-state index in [1.165, 1.54) is 12.8 Å². The molecule has 0 spiro atoms. The number of fused-ring (bicyclic) bond motifs is 1. The summed E-state index contributed by atoms with van der Waals surface area (Å²) >= 11 is 0. The van der Waals surface area contributed by atoms with E-state index < -0.39 is 0 Å². The summed E-state index contributed by atoms with van der Waals surface area (Å²) in [5.41, 5.74) is 4.39. The summed E-state index contributed by atoms with van der Waals surface area (Å²) in [5.74, 6) is 1.39. The summed E-state index contributed by atoms with van der Waals surface area (Å²) < 4.78 is 5.73. The summed E-state index contributed by atoms with van der Waals surface area (Å²) in [4.78, 5) is 17.2. The maximum atomic E-state index is 12.6. The Bertz CT molecular complexity index is 995. The van der Waals surface area contributed by atoms with Gasteiger partial charge in [0.15, 0.2) is 0 Å². The lowest BCUT2D eigenvalue weighted by Gasteiger charge is -2.12. The standard InChI is InChI=1S/C23H25N3O2/c1-15-21(10-7-19-11-17(12-24-2)13-25-22(15)19)26-23(27)18-5-8-20(9-6-18)28-14-16-3-4-16/h5-11,13,16,24H,3-4,12,14H2,1-2H3,(H,26,27). The second-order valence-electron chi connectivity index (χ2n) is 7.42. The van der Waals surface area contributed by atoms with Crippen LogP contribution in [0.15, 0.2) is 48.7 Å². The number of anilines is 1. The minimum atomic E-state index is -0.136. The first-order chi connectivity index (χ1) is 13.6. The summed E-state index contributed by atoms with van der Waals surface area (Å²) in [5, 5.41) is 7.21. The van der Waals surface area contributed by atoms with Crippen LogP contribution in [0, 0.1) is 12.8 Å². The Morgan fingerprint density at radius 3 is 2.68 bits per heavy atom. The first-order valence-electron chi connectivity index (χ1n) is 9.71. The van der Waals surface area contributed by atoms with Gasteiger partial charge in [-0.25, -0.2) is 0 Å². The zero-order chi connectivity index (χ0) is 19.5. The van der Waals surface area contributed by atoms with Gasteiger partial charge in [0.25, 0.3) is 5.91 Å². The van der Waals surface area contributed by atoms with Gasteiger partial charge in [0.1, 0.15) is 5.75 Å². The third-order valence-corrected chi connectivity index (χ3v) is 5.09. The summed E-state index contributed by atoms with van der Waals surface area (Å²) in [6.45, 7) is 3.53. The number of hydrogen-bond acceptors (Lipinski definition) is 4. The van der Waals surface area contributed by atoms with Crippen LogP contribution in [0.1, 0.15) is 34.3 Å². The fourth-order valence-electron chi connectivity index (χ4n) is 3.23. The SMILES string of the molecule is CNCc1cnc2c(C)c(NC(=O)c3ccc(OCC4CC4)cc3)ccc2c1. The van der Waals surface area contributed by atoms with E-state index in [4.69, 9.17) is 4.74 Å². The highest BCUT2D eigenvalue weighted by Gasteiger charge is 2.21. The minimum Gasteiger partial charge on any atom is -0.493 e. The number of benzene rings is 2. The second-order valence-corrected chi connectivity index (χ2v) is 7.42. The van der Waals surface area contributed by atoms with Crippen molar-refractivity contribution in [2.75, 3.05) is 19.0 Å². The number of carbonyl (C=O) groups excluding carboxylic acids is 1. The van der Waals surface area contributed by atoms with E-state index in [9.17, 15) is 4.79 Å². The molecule has 1 aromatic heterocycles. The summed E-state index contributed by atoms with van der Waals surface area (Å²) in [6.07, 6.45) is 4.40. The Morgan fingerprint density at radius 2 is 1.96 bits per heavy atom. The lowest BCUT2D eigenvalue weighted by molar-refractivity contribution is 0.102. The van der Waals surface area contributed by atoms with Crippen molar-refractivity contribution in [3.63, 3.8) is 0 Å².